The van der Waals surface area contributed by atoms with E-state index >= 15 is 0 Å². The SMILES string of the molecule is C[CH]C1CCCC(CCCC)C1. The predicted molar refractivity (Wildman–Crippen MR) is 54.9 cm³/mol. The molecule has 0 nitrogen and oxygen atoms in total. The molecule has 2 unspecified atom stereocenters. The van der Waals surface area contributed by atoms with E-state index in [2.05, 4.69) is 20.3 Å². The third kappa shape index (κ3) is 3.16. The minimum atomic E-state index is 0.945. The average molecular weight is 167 g/mol. The fraction of sp³-hybridized carbons (Fsp3) is 0.917. The molecule has 1 aliphatic rings. The number of hydrogen-bond acceptors (Lipinski definition) is 0. The van der Waals surface area contributed by atoms with Gasteiger partial charge in [0.2, 0.25) is 0 Å². The first kappa shape index (κ1) is 10.1. The summed E-state index contributed by atoms with van der Waals surface area (Å²) in [5, 5.41) is 0. The summed E-state index contributed by atoms with van der Waals surface area (Å²) >= 11 is 0. The van der Waals surface area contributed by atoms with Gasteiger partial charge in [-0.2, -0.15) is 0 Å². The summed E-state index contributed by atoms with van der Waals surface area (Å²) in [5.74, 6) is 2.00. The van der Waals surface area contributed by atoms with E-state index in [1.807, 2.05) is 0 Å². The lowest BCUT2D eigenvalue weighted by Crippen LogP contribution is -2.15. The van der Waals surface area contributed by atoms with Gasteiger partial charge in [-0.15, -0.1) is 0 Å². The van der Waals surface area contributed by atoms with Gasteiger partial charge in [-0.1, -0.05) is 52.4 Å². The normalized spacial score (nSPS) is 30.5. The van der Waals surface area contributed by atoms with Gasteiger partial charge in [0.25, 0.3) is 0 Å². The Morgan fingerprint density at radius 1 is 1.33 bits per heavy atom. The van der Waals surface area contributed by atoms with Crippen LogP contribution in [0.4, 0.5) is 0 Å². The smallest absolute Gasteiger partial charge is 0.0383 e. The van der Waals surface area contributed by atoms with Crippen LogP contribution in [0, 0.1) is 18.3 Å². The molecule has 2 atom stereocenters. The van der Waals surface area contributed by atoms with Crippen LogP contribution in [0.2, 0.25) is 0 Å². The highest BCUT2D eigenvalue weighted by molar-refractivity contribution is 4.79. The Labute approximate surface area is 77.7 Å². The third-order valence-electron chi connectivity index (χ3n) is 3.26. The minimum Gasteiger partial charge on any atom is -0.0654 e. The molecule has 0 aromatic rings. The molecule has 71 valence electrons. The highest BCUT2D eigenvalue weighted by Crippen LogP contribution is 2.33. The molecule has 1 rings (SSSR count). The first-order valence-electron chi connectivity index (χ1n) is 5.66. The van der Waals surface area contributed by atoms with Crippen molar-refractivity contribution in [2.75, 3.05) is 0 Å². The summed E-state index contributed by atoms with van der Waals surface area (Å²) in [4.78, 5) is 0. The van der Waals surface area contributed by atoms with Crippen LogP contribution in [0.5, 0.6) is 0 Å². The van der Waals surface area contributed by atoms with Gasteiger partial charge >= 0.3 is 0 Å². The maximum Gasteiger partial charge on any atom is -0.0383 e. The lowest BCUT2D eigenvalue weighted by molar-refractivity contribution is 0.274. The van der Waals surface area contributed by atoms with Crippen molar-refractivity contribution in [1.82, 2.24) is 0 Å². The summed E-state index contributed by atoms with van der Waals surface area (Å²) in [6, 6.07) is 0. The van der Waals surface area contributed by atoms with E-state index in [0.717, 1.165) is 11.8 Å². The van der Waals surface area contributed by atoms with Crippen molar-refractivity contribution in [3.8, 4) is 0 Å². The second-order valence-corrected chi connectivity index (χ2v) is 4.27. The molecule has 0 aliphatic heterocycles. The molecule has 12 heavy (non-hydrogen) atoms. The van der Waals surface area contributed by atoms with Crippen molar-refractivity contribution in [2.45, 2.75) is 58.8 Å². The van der Waals surface area contributed by atoms with Crippen LogP contribution >= 0.6 is 0 Å². The molecule has 1 aliphatic carbocycles. The lowest BCUT2D eigenvalue weighted by Gasteiger charge is -2.28. The van der Waals surface area contributed by atoms with Gasteiger partial charge in [0.05, 0.1) is 0 Å². The quantitative estimate of drug-likeness (QED) is 0.588. The fourth-order valence-corrected chi connectivity index (χ4v) is 2.39. The third-order valence-corrected chi connectivity index (χ3v) is 3.26. The molecule has 0 heterocycles. The highest BCUT2D eigenvalue weighted by atomic mass is 14.2. The van der Waals surface area contributed by atoms with Crippen molar-refractivity contribution in [3.05, 3.63) is 6.42 Å². The van der Waals surface area contributed by atoms with E-state index in [0.29, 0.717) is 0 Å². The van der Waals surface area contributed by atoms with E-state index in [-0.39, 0.29) is 0 Å². The lowest BCUT2D eigenvalue weighted by atomic mass is 9.78. The first-order valence-corrected chi connectivity index (χ1v) is 5.66. The molecule has 0 aromatic carbocycles. The zero-order valence-electron chi connectivity index (χ0n) is 8.68. The van der Waals surface area contributed by atoms with Gasteiger partial charge < -0.3 is 0 Å². The van der Waals surface area contributed by atoms with Gasteiger partial charge in [0, 0.05) is 0 Å². The van der Waals surface area contributed by atoms with Crippen LogP contribution in [0.3, 0.4) is 0 Å². The number of rotatable bonds is 4. The molecule has 0 N–H and O–H groups in total. The maximum absolute atomic E-state index is 2.41. The molecule has 0 heteroatoms. The molecular weight excluding hydrogens is 144 g/mol. The van der Waals surface area contributed by atoms with E-state index < -0.39 is 0 Å². The second-order valence-electron chi connectivity index (χ2n) is 4.27. The van der Waals surface area contributed by atoms with Crippen molar-refractivity contribution in [2.24, 2.45) is 11.8 Å². The molecule has 0 amide bonds. The molecule has 0 saturated heterocycles. The summed E-state index contributed by atoms with van der Waals surface area (Å²) in [6.07, 6.45) is 12.6. The Balaban J connectivity index is 2.16. The van der Waals surface area contributed by atoms with E-state index in [4.69, 9.17) is 0 Å². The van der Waals surface area contributed by atoms with Crippen molar-refractivity contribution >= 4 is 0 Å². The van der Waals surface area contributed by atoms with Gasteiger partial charge in [0.1, 0.15) is 0 Å². The van der Waals surface area contributed by atoms with E-state index in [9.17, 15) is 0 Å². The monoisotopic (exact) mass is 167 g/mol. The van der Waals surface area contributed by atoms with Gasteiger partial charge in [-0.25, -0.2) is 0 Å². The van der Waals surface area contributed by atoms with Gasteiger partial charge in [0.15, 0.2) is 0 Å². The average Bonchev–Trinajstić information content (AvgIpc) is 2.15. The first-order chi connectivity index (χ1) is 5.86. The van der Waals surface area contributed by atoms with Gasteiger partial charge in [-0.3, -0.25) is 0 Å². The molecule has 1 saturated carbocycles. The van der Waals surface area contributed by atoms with Crippen LogP contribution in [-0.2, 0) is 0 Å². The zero-order valence-corrected chi connectivity index (χ0v) is 8.68. The molecule has 0 bridgehead atoms. The van der Waals surface area contributed by atoms with Crippen LogP contribution < -0.4 is 0 Å². The zero-order chi connectivity index (χ0) is 8.81. The second kappa shape index (κ2) is 5.61. The van der Waals surface area contributed by atoms with E-state index in [1.165, 1.54) is 44.9 Å². The predicted octanol–water partition coefficient (Wildman–Crippen LogP) is 4.21. The molecule has 0 aromatic heterocycles. The Kier molecular flexibility index (Phi) is 4.72. The van der Waals surface area contributed by atoms with Crippen LogP contribution in [0.15, 0.2) is 0 Å². The maximum atomic E-state index is 2.41. The Hall–Kier alpha value is 0. The Bertz CT molecular complexity index is 107. The van der Waals surface area contributed by atoms with Gasteiger partial charge in [-0.05, 0) is 24.7 Å². The van der Waals surface area contributed by atoms with Crippen molar-refractivity contribution in [1.29, 1.82) is 0 Å². The molecule has 0 spiro atoms. The molecular formula is C12H23. The molecule has 1 fully saturated rings. The molecule has 1 radical (unpaired) electrons. The minimum absolute atomic E-state index is 0.945. The largest absolute Gasteiger partial charge is 0.0654 e. The van der Waals surface area contributed by atoms with Crippen LogP contribution in [0.25, 0.3) is 0 Å². The summed E-state index contributed by atoms with van der Waals surface area (Å²) in [6.45, 7) is 4.53. The van der Waals surface area contributed by atoms with Crippen molar-refractivity contribution in [3.63, 3.8) is 0 Å². The Morgan fingerprint density at radius 2 is 2.17 bits per heavy atom. The summed E-state index contributed by atoms with van der Waals surface area (Å²) < 4.78 is 0. The Morgan fingerprint density at radius 3 is 2.83 bits per heavy atom. The highest BCUT2D eigenvalue weighted by Gasteiger charge is 2.19. The van der Waals surface area contributed by atoms with E-state index in [1.54, 1.807) is 0 Å². The number of unbranched alkanes of at least 4 members (excludes halogenated alkanes) is 1. The summed E-state index contributed by atoms with van der Waals surface area (Å²) in [7, 11) is 0. The standard InChI is InChI=1S/C12H23/c1-3-5-7-12-9-6-8-11(4-2)10-12/h4,11-12H,3,5-10H2,1-2H3. The van der Waals surface area contributed by atoms with Crippen LogP contribution in [-0.4, -0.2) is 0 Å². The van der Waals surface area contributed by atoms with Crippen molar-refractivity contribution < 1.29 is 0 Å². The number of hydrogen-bond donors (Lipinski definition) is 0. The topological polar surface area (TPSA) is 0 Å². The fourth-order valence-electron chi connectivity index (χ4n) is 2.39. The van der Waals surface area contributed by atoms with Crippen LogP contribution in [0.1, 0.15) is 58.8 Å². The summed E-state index contributed by atoms with van der Waals surface area (Å²) in [5.41, 5.74) is 0.